The summed E-state index contributed by atoms with van der Waals surface area (Å²) >= 11 is 7.93. The largest absolute Gasteiger partial charge is 0.348 e. The van der Waals surface area contributed by atoms with Gasteiger partial charge in [-0.25, -0.2) is 4.99 Å². The highest BCUT2D eigenvalue weighted by Gasteiger charge is 2.20. The SMILES string of the molecule is O=C(NCc1ccccc1)c1ccc2c(c1)N=C(c1cccc(Cl)c1)c1ccccc1S2. The van der Waals surface area contributed by atoms with E-state index in [1.807, 2.05) is 84.9 Å². The van der Waals surface area contributed by atoms with Crippen LogP contribution in [0.5, 0.6) is 0 Å². The molecule has 1 amide bonds. The van der Waals surface area contributed by atoms with Gasteiger partial charge in [0.05, 0.1) is 11.4 Å². The first-order valence-electron chi connectivity index (χ1n) is 10.3. The summed E-state index contributed by atoms with van der Waals surface area (Å²) in [7, 11) is 0. The van der Waals surface area contributed by atoms with Gasteiger partial charge in [0.2, 0.25) is 0 Å². The molecule has 0 radical (unpaired) electrons. The van der Waals surface area contributed by atoms with E-state index >= 15 is 0 Å². The molecular weight excluding hydrogens is 436 g/mol. The molecule has 0 atom stereocenters. The van der Waals surface area contributed by atoms with Crippen LogP contribution < -0.4 is 5.32 Å². The number of hydrogen-bond acceptors (Lipinski definition) is 3. The van der Waals surface area contributed by atoms with Crippen LogP contribution in [-0.2, 0) is 6.54 Å². The zero-order valence-electron chi connectivity index (χ0n) is 17.1. The Hall–Kier alpha value is -3.34. The maximum absolute atomic E-state index is 12.8. The van der Waals surface area contributed by atoms with E-state index in [1.165, 1.54) is 0 Å². The lowest BCUT2D eigenvalue weighted by Gasteiger charge is -2.09. The van der Waals surface area contributed by atoms with Gasteiger partial charge in [0.1, 0.15) is 0 Å². The molecule has 0 spiro atoms. The summed E-state index contributed by atoms with van der Waals surface area (Å²) in [6.07, 6.45) is 0. The van der Waals surface area contributed by atoms with E-state index < -0.39 is 0 Å². The lowest BCUT2D eigenvalue weighted by molar-refractivity contribution is 0.0951. The number of benzene rings is 4. The van der Waals surface area contributed by atoms with E-state index in [4.69, 9.17) is 16.6 Å². The van der Waals surface area contributed by atoms with Gasteiger partial charge in [0, 0.05) is 38.0 Å². The molecule has 0 fully saturated rings. The Morgan fingerprint density at radius 3 is 2.50 bits per heavy atom. The summed E-state index contributed by atoms with van der Waals surface area (Å²) in [6, 6.07) is 31.5. The molecule has 32 heavy (non-hydrogen) atoms. The topological polar surface area (TPSA) is 41.5 Å². The monoisotopic (exact) mass is 454 g/mol. The van der Waals surface area contributed by atoms with Crippen LogP contribution in [0.3, 0.4) is 0 Å². The van der Waals surface area contributed by atoms with E-state index in [-0.39, 0.29) is 5.91 Å². The number of nitrogens with one attached hydrogen (secondary N) is 1. The smallest absolute Gasteiger partial charge is 0.251 e. The minimum Gasteiger partial charge on any atom is -0.348 e. The third kappa shape index (κ3) is 4.33. The molecule has 4 aromatic rings. The summed E-state index contributed by atoms with van der Waals surface area (Å²) in [4.78, 5) is 20.0. The van der Waals surface area contributed by atoms with Crippen LogP contribution in [0.1, 0.15) is 27.0 Å². The Balaban J connectivity index is 1.52. The second kappa shape index (κ2) is 9.03. The molecule has 0 saturated carbocycles. The molecule has 0 bridgehead atoms. The number of aliphatic imine (C=N–C) groups is 1. The Kier molecular flexibility index (Phi) is 5.80. The van der Waals surface area contributed by atoms with Gasteiger partial charge in [-0.1, -0.05) is 84.0 Å². The second-order valence-electron chi connectivity index (χ2n) is 7.42. The van der Waals surface area contributed by atoms with Gasteiger partial charge in [0.15, 0.2) is 0 Å². The molecule has 0 saturated heterocycles. The normalized spacial score (nSPS) is 12.2. The van der Waals surface area contributed by atoms with Crippen LogP contribution in [0.15, 0.2) is 112 Å². The summed E-state index contributed by atoms with van der Waals surface area (Å²) in [5, 5.41) is 3.65. The lowest BCUT2D eigenvalue weighted by atomic mass is 10.0. The summed E-state index contributed by atoms with van der Waals surface area (Å²) in [6.45, 7) is 0.480. The van der Waals surface area contributed by atoms with Crippen LogP contribution in [0, 0.1) is 0 Å². The third-order valence-electron chi connectivity index (χ3n) is 5.21. The molecule has 1 aliphatic rings. The molecule has 0 unspecified atom stereocenters. The maximum atomic E-state index is 12.8. The molecule has 0 aromatic heterocycles. The minimum atomic E-state index is -0.122. The van der Waals surface area contributed by atoms with Crippen molar-refractivity contribution in [3.63, 3.8) is 0 Å². The Labute approximate surface area is 196 Å². The number of fused-ring (bicyclic) bond motifs is 2. The van der Waals surface area contributed by atoms with Crippen LogP contribution in [-0.4, -0.2) is 11.6 Å². The van der Waals surface area contributed by atoms with Gasteiger partial charge in [-0.2, -0.15) is 0 Å². The third-order valence-corrected chi connectivity index (χ3v) is 6.59. The first-order valence-corrected chi connectivity index (χ1v) is 11.4. The number of carbonyl (C=O) groups is 1. The average molecular weight is 455 g/mol. The summed E-state index contributed by atoms with van der Waals surface area (Å²) < 4.78 is 0. The molecule has 3 nitrogen and oxygen atoms in total. The van der Waals surface area contributed by atoms with Gasteiger partial charge in [0.25, 0.3) is 5.91 Å². The average Bonchev–Trinajstić information content (AvgIpc) is 2.99. The summed E-state index contributed by atoms with van der Waals surface area (Å²) in [5.74, 6) is -0.122. The summed E-state index contributed by atoms with van der Waals surface area (Å²) in [5.41, 5.74) is 5.25. The standard InChI is InChI=1S/C27H19ClN2OS/c28-21-10-6-9-19(15-21)26-22-11-4-5-12-24(22)32-25-14-13-20(16-23(25)30-26)27(31)29-17-18-7-2-1-3-8-18/h1-16H,17H2,(H,29,31). The van der Waals surface area contributed by atoms with E-state index in [1.54, 1.807) is 11.8 Å². The Morgan fingerprint density at radius 1 is 0.844 bits per heavy atom. The number of nitrogens with zero attached hydrogens (tertiary/aromatic N) is 1. The lowest BCUT2D eigenvalue weighted by Crippen LogP contribution is -2.22. The van der Waals surface area contributed by atoms with Gasteiger partial charge in [-0.3, -0.25) is 4.79 Å². The van der Waals surface area contributed by atoms with Crippen molar-refractivity contribution in [2.45, 2.75) is 16.3 Å². The minimum absolute atomic E-state index is 0.122. The van der Waals surface area contributed by atoms with Gasteiger partial charge >= 0.3 is 0 Å². The van der Waals surface area contributed by atoms with E-state index in [2.05, 4.69) is 17.4 Å². The predicted molar refractivity (Wildman–Crippen MR) is 131 cm³/mol. The number of carbonyl (C=O) groups excluding carboxylic acids is 1. The molecule has 0 aliphatic carbocycles. The van der Waals surface area contributed by atoms with Crippen molar-refractivity contribution in [2.75, 3.05) is 0 Å². The van der Waals surface area contributed by atoms with Crippen LogP contribution in [0.25, 0.3) is 0 Å². The predicted octanol–water partition coefficient (Wildman–Crippen LogP) is 6.90. The molecule has 1 N–H and O–H groups in total. The number of rotatable bonds is 4. The first kappa shape index (κ1) is 20.6. The molecule has 5 rings (SSSR count). The molecule has 4 aromatic carbocycles. The zero-order valence-corrected chi connectivity index (χ0v) is 18.7. The van der Waals surface area contributed by atoms with Crippen molar-refractivity contribution >= 4 is 40.7 Å². The first-order chi connectivity index (χ1) is 15.7. The number of halogens is 1. The number of amides is 1. The quantitative estimate of drug-likeness (QED) is 0.320. The van der Waals surface area contributed by atoms with E-state index in [0.29, 0.717) is 17.1 Å². The van der Waals surface area contributed by atoms with Crippen LogP contribution in [0.4, 0.5) is 5.69 Å². The van der Waals surface area contributed by atoms with Crippen molar-refractivity contribution < 1.29 is 4.79 Å². The van der Waals surface area contributed by atoms with Crippen molar-refractivity contribution in [1.82, 2.24) is 5.32 Å². The fourth-order valence-corrected chi connectivity index (χ4v) is 4.81. The highest BCUT2D eigenvalue weighted by Crippen LogP contribution is 2.41. The number of hydrogen-bond donors (Lipinski definition) is 1. The van der Waals surface area contributed by atoms with Crippen molar-refractivity contribution in [3.05, 3.63) is 124 Å². The van der Waals surface area contributed by atoms with Gasteiger partial charge in [-0.05, 0) is 42.0 Å². The fraction of sp³-hybridized carbons (Fsp3) is 0.0370. The van der Waals surface area contributed by atoms with Crippen molar-refractivity contribution in [2.24, 2.45) is 4.99 Å². The van der Waals surface area contributed by atoms with E-state index in [9.17, 15) is 4.79 Å². The van der Waals surface area contributed by atoms with Crippen molar-refractivity contribution in [3.8, 4) is 0 Å². The highest BCUT2D eigenvalue weighted by molar-refractivity contribution is 7.99. The molecule has 1 aliphatic heterocycles. The second-order valence-corrected chi connectivity index (χ2v) is 8.94. The fourth-order valence-electron chi connectivity index (χ4n) is 3.62. The Bertz CT molecular complexity index is 1330. The molecule has 1 heterocycles. The van der Waals surface area contributed by atoms with Gasteiger partial charge < -0.3 is 5.32 Å². The van der Waals surface area contributed by atoms with Crippen molar-refractivity contribution in [1.29, 1.82) is 0 Å². The zero-order chi connectivity index (χ0) is 21.9. The Morgan fingerprint density at radius 2 is 1.66 bits per heavy atom. The van der Waals surface area contributed by atoms with Crippen LogP contribution in [0.2, 0.25) is 5.02 Å². The molecule has 5 heteroatoms. The van der Waals surface area contributed by atoms with Crippen LogP contribution >= 0.6 is 23.4 Å². The highest BCUT2D eigenvalue weighted by atomic mass is 35.5. The molecular formula is C27H19ClN2OS. The maximum Gasteiger partial charge on any atom is 0.251 e. The molecule has 156 valence electrons. The van der Waals surface area contributed by atoms with Gasteiger partial charge in [-0.15, -0.1) is 0 Å². The van der Waals surface area contributed by atoms with E-state index in [0.717, 1.165) is 37.9 Å².